The molecule has 3 rings (SSSR count). The molecule has 26 heavy (non-hydrogen) atoms. The lowest BCUT2D eigenvalue weighted by Gasteiger charge is -2.27. The van der Waals surface area contributed by atoms with E-state index >= 15 is 0 Å². The maximum absolute atomic E-state index is 6.14. The maximum Gasteiger partial charge on any atom is 0.194 e. The molecule has 1 heterocycles. The zero-order chi connectivity index (χ0) is 18.2. The molecule has 1 aliphatic carbocycles. The summed E-state index contributed by atoms with van der Waals surface area (Å²) in [6, 6.07) is 8.32. The van der Waals surface area contributed by atoms with Crippen LogP contribution in [0.15, 0.2) is 29.3 Å². The second-order valence-electron chi connectivity index (χ2n) is 7.21. The number of benzene rings is 1. The van der Waals surface area contributed by atoms with E-state index in [1.807, 2.05) is 6.07 Å². The van der Waals surface area contributed by atoms with Crippen LogP contribution in [0.4, 0.5) is 0 Å². The van der Waals surface area contributed by atoms with Gasteiger partial charge in [-0.1, -0.05) is 18.2 Å². The average molecular weight is 360 g/mol. The molecule has 1 aliphatic heterocycles. The fourth-order valence-corrected chi connectivity index (χ4v) is 3.45. The topological polar surface area (TPSA) is 46.1 Å². The zero-order valence-corrected chi connectivity index (χ0v) is 16.2. The number of para-hydroxylation sites is 1. The number of guanidine groups is 1. The summed E-state index contributed by atoms with van der Waals surface area (Å²) in [5, 5.41) is 3.45. The summed E-state index contributed by atoms with van der Waals surface area (Å²) in [5.74, 6) is 2.60. The summed E-state index contributed by atoms with van der Waals surface area (Å²) < 4.78 is 11.7. The van der Waals surface area contributed by atoms with Gasteiger partial charge >= 0.3 is 0 Å². The van der Waals surface area contributed by atoms with E-state index in [0.29, 0.717) is 18.6 Å². The van der Waals surface area contributed by atoms with Gasteiger partial charge < -0.3 is 19.7 Å². The van der Waals surface area contributed by atoms with Gasteiger partial charge in [0.25, 0.3) is 0 Å². The van der Waals surface area contributed by atoms with E-state index in [1.165, 1.54) is 31.2 Å². The predicted molar refractivity (Wildman–Crippen MR) is 106 cm³/mol. The van der Waals surface area contributed by atoms with Gasteiger partial charge in [0.05, 0.1) is 19.3 Å². The standard InChI is InChI=1S/C21H33N3O2/c1-3-22-21(24-13-12-17(15-24)16-25-4-2)23-14-18-8-5-6-11-20(18)26-19-9-7-10-19/h5-6,8,11,17,19H,3-4,7,9-10,12-16H2,1-2H3,(H,22,23). The molecule has 1 atom stereocenters. The number of ether oxygens (including phenoxy) is 2. The van der Waals surface area contributed by atoms with Crippen LogP contribution >= 0.6 is 0 Å². The number of hydrogen-bond donors (Lipinski definition) is 1. The molecule has 0 spiro atoms. The highest BCUT2D eigenvalue weighted by Gasteiger charge is 2.25. The van der Waals surface area contributed by atoms with Gasteiger partial charge in [-0.2, -0.15) is 0 Å². The molecule has 5 heteroatoms. The molecule has 1 saturated carbocycles. The van der Waals surface area contributed by atoms with Crippen LogP contribution < -0.4 is 10.1 Å². The first-order chi connectivity index (χ1) is 12.8. The van der Waals surface area contributed by atoms with Crippen molar-refractivity contribution < 1.29 is 9.47 Å². The lowest BCUT2D eigenvalue weighted by Crippen LogP contribution is -2.40. The van der Waals surface area contributed by atoms with E-state index in [2.05, 4.69) is 42.3 Å². The number of aliphatic imine (C=N–C) groups is 1. The molecule has 0 radical (unpaired) electrons. The van der Waals surface area contributed by atoms with E-state index in [1.54, 1.807) is 0 Å². The van der Waals surface area contributed by atoms with Crippen molar-refractivity contribution >= 4 is 5.96 Å². The highest BCUT2D eigenvalue weighted by Crippen LogP contribution is 2.28. The molecular formula is C21H33N3O2. The number of nitrogens with one attached hydrogen (secondary N) is 1. The van der Waals surface area contributed by atoms with Crippen molar-refractivity contribution in [3.8, 4) is 5.75 Å². The highest BCUT2D eigenvalue weighted by molar-refractivity contribution is 5.80. The molecule has 1 N–H and O–H groups in total. The SMILES string of the molecule is CCNC(=NCc1ccccc1OC1CCC1)N1CCC(COCC)C1. The van der Waals surface area contributed by atoms with Crippen LogP contribution in [0.3, 0.4) is 0 Å². The largest absolute Gasteiger partial charge is 0.490 e. The van der Waals surface area contributed by atoms with Gasteiger partial charge in [-0.25, -0.2) is 4.99 Å². The first-order valence-electron chi connectivity index (χ1n) is 10.2. The Balaban J connectivity index is 1.62. The smallest absolute Gasteiger partial charge is 0.194 e. The van der Waals surface area contributed by atoms with E-state index in [0.717, 1.165) is 44.6 Å². The third kappa shape index (κ3) is 5.13. The van der Waals surface area contributed by atoms with E-state index < -0.39 is 0 Å². The second-order valence-corrected chi connectivity index (χ2v) is 7.21. The first kappa shape index (κ1) is 19.0. The lowest BCUT2D eigenvalue weighted by molar-refractivity contribution is 0.114. The predicted octanol–water partition coefficient (Wildman–Crippen LogP) is 3.44. The quantitative estimate of drug-likeness (QED) is 0.570. The van der Waals surface area contributed by atoms with Gasteiger partial charge in [0, 0.05) is 37.7 Å². The summed E-state index contributed by atoms with van der Waals surface area (Å²) in [7, 11) is 0. The minimum atomic E-state index is 0.395. The number of likely N-dealkylation sites (tertiary alicyclic amines) is 1. The van der Waals surface area contributed by atoms with Gasteiger partial charge in [-0.05, 0) is 45.6 Å². The molecule has 144 valence electrons. The molecule has 2 aliphatic rings. The van der Waals surface area contributed by atoms with Crippen LogP contribution in [-0.4, -0.2) is 49.8 Å². The molecule has 1 aromatic rings. The van der Waals surface area contributed by atoms with Crippen LogP contribution in [0.2, 0.25) is 0 Å². The minimum absolute atomic E-state index is 0.395. The molecule has 0 bridgehead atoms. The normalized spacial score (nSPS) is 20.9. The van der Waals surface area contributed by atoms with Crippen molar-refractivity contribution in [1.29, 1.82) is 0 Å². The van der Waals surface area contributed by atoms with Gasteiger partial charge in [0.1, 0.15) is 5.75 Å². The van der Waals surface area contributed by atoms with Crippen LogP contribution in [0, 0.1) is 5.92 Å². The summed E-state index contributed by atoms with van der Waals surface area (Å²) in [5.41, 5.74) is 1.17. The fourth-order valence-electron chi connectivity index (χ4n) is 3.45. The van der Waals surface area contributed by atoms with Crippen LogP contribution in [0.1, 0.15) is 45.1 Å². The molecular weight excluding hydrogens is 326 g/mol. The summed E-state index contributed by atoms with van der Waals surface area (Å²) in [4.78, 5) is 7.27. The third-order valence-corrected chi connectivity index (χ3v) is 5.20. The summed E-state index contributed by atoms with van der Waals surface area (Å²) in [6.07, 6.45) is 5.20. The molecule has 1 aromatic carbocycles. The summed E-state index contributed by atoms with van der Waals surface area (Å²) in [6.45, 7) is 9.42. The second kappa shape index (κ2) is 9.81. The molecule has 1 saturated heterocycles. The average Bonchev–Trinajstić information content (AvgIpc) is 3.09. The van der Waals surface area contributed by atoms with Crippen molar-refractivity contribution in [3.05, 3.63) is 29.8 Å². The summed E-state index contributed by atoms with van der Waals surface area (Å²) >= 11 is 0. The van der Waals surface area contributed by atoms with Crippen molar-refractivity contribution in [2.45, 2.75) is 52.2 Å². The Labute approximate surface area is 157 Å². The lowest BCUT2D eigenvalue weighted by atomic mass is 9.96. The van der Waals surface area contributed by atoms with Gasteiger partial charge in [-0.3, -0.25) is 0 Å². The molecule has 0 amide bonds. The van der Waals surface area contributed by atoms with Crippen molar-refractivity contribution in [1.82, 2.24) is 10.2 Å². The van der Waals surface area contributed by atoms with Crippen molar-refractivity contribution in [2.24, 2.45) is 10.9 Å². The zero-order valence-electron chi connectivity index (χ0n) is 16.2. The van der Waals surface area contributed by atoms with Gasteiger partial charge in [0.2, 0.25) is 0 Å². The Bertz CT molecular complexity index is 586. The number of hydrogen-bond acceptors (Lipinski definition) is 3. The van der Waals surface area contributed by atoms with Gasteiger partial charge in [-0.15, -0.1) is 0 Å². The number of nitrogens with zero attached hydrogens (tertiary/aromatic N) is 2. The van der Waals surface area contributed by atoms with E-state index in [4.69, 9.17) is 14.5 Å². The molecule has 0 aromatic heterocycles. The molecule has 5 nitrogen and oxygen atoms in total. The van der Waals surface area contributed by atoms with Gasteiger partial charge in [0.15, 0.2) is 5.96 Å². The highest BCUT2D eigenvalue weighted by atomic mass is 16.5. The monoisotopic (exact) mass is 359 g/mol. The Kier molecular flexibility index (Phi) is 7.18. The minimum Gasteiger partial charge on any atom is -0.490 e. The Morgan fingerprint density at radius 3 is 2.81 bits per heavy atom. The Morgan fingerprint density at radius 1 is 1.23 bits per heavy atom. The molecule has 2 fully saturated rings. The fraction of sp³-hybridized carbons (Fsp3) is 0.667. The Morgan fingerprint density at radius 2 is 2.08 bits per heavy atom. The van der Waals surface area contributed by atoms with E-state index in [9.17, 15) is 0 Å². The van der Waals surface area contributed by atoms with Crippen LogP contribution in [-0.2, 0) is 11.3 Å². The third-order valence-electron chi connectivity index (χ3n) is 5.20. The van der Waals surface area contributed by atoms with E-state index in [-0.39, 0.29) is 0 Å². The number of rotatable bonds is 8. The first-order valence-corrected chi connectivity index (χ1v) is 10.2. The van der Waals surface area contributed by atoms with Crippen molar-refractivity contribution in [2.75, 3.05) is 32.8 Å². The molecule has 1 unspecified atom stereocenters. The Hall–Kier alpha value is -1.75. The van der Waals surface area contributed by atoms with Crippen LogP contribution in [0.25, 0.3) is 0 Å². The van der Waals surface area contributed by atoms with Crippen LogP contribution in [0.5, 0.6) is 5.75 Å². The van der Waals surface area contributed by atoms with Crippen molar-refractivity contribution in [3.63, 3.8) is 0 Å². The maximum atomic E-state index is 6.14.